The Balaban J connectivity index is 0.786. The number of hydrogen-bond acceptors (Lipinski definition) is 5. The fraction of sp³-hybridized carbons (Fsp3) is 0. The largest absolute Gasteiger partial charge is 0.456 e. The third kappa shape index (κ3) is 7.34. The second-order valence-electron chi connectivity index (χ2n) is 21.1. The van der Waals surface area contributed by atoms with Gasteiger partial charge in [0.2, 0.25) is 0 Å². The third-order valence-electron chi connectivity index (χ3n) is 16.4. The topological polar surface area (TPSA) is 74.8 Å². The first-order valence-electron chi connectivity index (χ1n) is 27.6. The Morgan fingerprint density at radius 1 is 0.232 bits per heavy atom. The van der Waals surface area contributed by atoms with Gasteiger partial charge in [-0.2, -0.15) is 0 Å². The van der Waals surface area contributed by atoms with Gasteiger partial charge < -0.3 is 18.0 Å². The molecule has 0 aliphatic heterocycles. The van der Waals surface area contributed by atoms with Crippen molar-refractivity contribution in [3.8, 4) is 78.9 Å². The quantitative estimate of drug-likeness (QED) is 0.152. The molecule has 0 N–H and O–H groups in total. The Morgan fingerprint density at radius 3 is 1.41 bits per heavy atom. The summed E-state index contributed by atoms with van der Waals surface area (Å²) in [6, 6.07) is 96.4. The van der Waals surface area contributed by atoms with Gasteiger partial charge in [0, 0.05) is 71.2 Å². The molecule has 0 saturated heterocycles. The number of para-hydroxylation sites is 5. The van der Waals surface area contributed by atoms with E-state index in [1.54, 1.807) is 0 Å². The number of hydrogen-bond donors (Lipinski definition) is 0. The minimum absolute atomic E-state index is 0.545. The first-order chi connectivity index (χ1) is 40.6. The first kappa shape index (κ1) is 45.8. The van der Waals surface area contributed by atoms with E-state index in [-0.39, 0.29) is 0 Å². The van der Waals surface area contributed by atoms with Gasteiger partial charge in [0.25, 0.3) is 0 Å². The van der Waals surface area contributed by atoms with Crippen molar-refractivity contribution in [3.63, 3.8) is 0 Å². The summed E-state index contributed by atoms with van der Waals surface area (Å²) in [6.45, 7) is 0. The fourth-order valence-corrected chi connectivity index (χ4v) is 12.5. The molecule has 5 aromatic heterocycles. The number of fused-ring (bicyclic) bond motifs is 12. The third-order valence-corrected chi connectivity index (χ3v) is 16.4. The van der Waals surface area contributed by atoms with Crippen LogP contribution in [0.5, 0.6) is 0 Å². The van der Waals surface area contributed by atoms with Crippen molar-refractivity contribution in [2.75, 3.05) is 0 Å². The Bertz CT molecular complexity index is 5360. The van der Waals surface area contributed by atoms with E-state index >= 15 is 0 Å². The zero-order chi connectivity index (χ0) is 53.8. The van der Waals surface area contributed by atoms with E-state index in [0.29, 0.717) is 17.5 Å². The highest BCUT2D eigenvalue weighted by atomic mass is 16.3. The van der Waals surface area contributed by atoms with Gasteiger partial charge in [-0.25, -0.2) is 15.0 Å². The van der Waals surface area contributed by atoms with Gasteiger partial charge in [-0.3, -0.25) is 0 Å². The standard InChI is InChI=1S/C75H45N5O2/c1-2-18-54(19-3-1)79-66-28-10-6-23-58(66)62-43-49(36-39-67(62)79)46-31-33-47(34-32-46)50-37-40-69-63(44-50)72-61(25-14-30-70(72)81-69)75-77-73(52-16-12-15-48(41-52)51-35-38-60-59-24-7-11-29-68(59)82-71(60)45-51)76-74(78-75)53-17-13-20-55(42-53)80-64-26-8-4-21-56(64)57-22-5-9-27-65(57)80/h1-45H. The summed E-state index contributed by atoms with van der Waals surface area (Å²) in [5, 5.41) is 8.97. The zero-order valence-electron chi connectivity index (χ0n) is 44.0. The van der Waals surface area contributed by atoms with E-state index in [1.165, 1.54) is 38.1 Å². The lowest BCUT2D eigenvalue weighted by Gasteiger charge is -2.12. The molecule has 0 fully saturated rings. The van der Waals surface area contributed by atoms with Crippen LogP contribution >= 0.6 is 0 Å². The first-order valence-corrected chi connectivity index (χ1v) is 27.6. The van der Waals surface area contributed by atoms with Crippen LogP contribution in [0.25, 0.3) is 166 Å². The highest BCUT2D eigenvalue weighted by Gasteiger charge is 2.21. The molecular formula is C75H45N5O2. The molecule has 17 rings (SSSR count). The molecule has 0 atom stereocenters. The van der Waals surface area contributed by atoms with Gasteiger partial charge in [0.15, 0.2) is 17.5 Å². The molecule has 17 aromatic rings. The number of aromatic nitrogens is 5. The molecule has 0 unspecified atom stereocenters. The second kappa shape index (κ2) is 18.2. The Labute approximate surface area is 469 Å². The van der Waals surface area contributed by atoms with Crippen molar-refractivity contribution in [3.05, 3.63) is 273 Å². The van der Waals surface area contributed by atoms with Crippen LogP contribution in [0.4, 0.5) is 0 Å². The zero-order valence-corrected chi connectivity index (χ0v) is 44.0. The summed E-state index contributed by atoms with van der Waals surface area (Å²) in [7, 11) is 0. The summed E-state index contributed by atoms with van der Waals surface area (Å²) in [5.74, 6) is 1.66. The van der Waals surface area contributed by atoms with E-state index in [0.717, 1.165) is 111 Å². The van der Waals surface area contributed by atoms with Crippen molar-refractivity contribution in [1.82, 2.24) is 24.1 Å². The highest BCUT2D eigenvalue weighted by Crippen LogP contribution is 2.42. The van der Waals surface area contributed by atoms with Gasteiger partial charge >= 0.3 is 0 Å². The summed E-state index contributed by atoms with van der Waals surface area (Å²) in [6.07, 6.45) is 0. The van der Waals surface area contributed by atoms with Crippen molar-refractivity contribution < 1.29 is 8.83 Å². The maximum Gasteiger partial charge on any atom is 0.164 e. The number of benzene rings is 12. The SMILES string of the molecule is c1ccc(-n2c3ccccc3c3cc(-c4ccc(-c5ccc6oc7cccc(-c8nc(-c9cccc(-c%10ccc%11c(c%10)oc%10ccccc%10%11)c9)nc(-c9cccc(-n%10c%11ccccc%11c%11ccccc%11%10)c9)n8)c7c6c5)cc4)ccc32)cc1. The van der Waals surface area contributed by atoms with Gasteiger partial charge in [-0.15, -0.1) is 0 Å². The Morgan fingerprint density at radius 2 is 0.683 bits per heavy atom. The fourth-order valence-electron chi connectivity index (χ4n) is 12.5. The van der Waals surface area contributed by atoms with Crippen LogP contribution in [0.1, 0.15) is 0 Å². The molecule has 82 heavy (non-hydrogen) atoms. The molecule has 0 saturated carbocycles. The Kier molecular flexibility index (Phi) is 10.2. The molecule has 7 heteroatoms. The number of nitrogens with zero attached hydrogens (tertiary/aromatic N) is 5. The average Bonchev–Trinajstić information content (AvgIpc) is 3.84. The van der Waals surface area contributed by atoms with Crippen LogP contribution in [-0.2, 0) is 0 Å². The molecule has 5 heterocycles. The summed E-state index contributed by atoms with van der Waals surface area (Å²) < 4.78 is 17.7. The molecule has 0 spiro atoms. The number of furan rings is 2. The Hall–Kier alpha value is -11.2. The molecule has 0 radical (unpaired) electrons. The monoisotopic (exact) mass is 1050 g/mol. The van der Waals surface area contributed by atoms with Crippen LogP contribution in [0, 0.1) is 0 Å². The minimum atomic E-state index is 0.545. The highest BCUT2D eigenvalue weighted by molar-refractivity contribution is 6.14. The molecular weight excluding hydrogens is 1000 g/mol. The van der Waals surface area contributed by atoms with Crippen molar-refractivity contribution in [1.29, 1.82) is 0 Å². The van der Waals surface area contributed by atoms with Crippen molar-refractivity contribution in [2.45, 2.75) is 0 Å². The average molecular weight is 1050 g/mol. The van der Waals surface area contributed by atoms with Gasteiger partial charge in [-0.05, 0) is 130 Å². The van der Waals surface area contributed by atoms with E-state index in [2.05, 4.69) is 252 Å². The van der Waals surface area contributed by atoms with Gasteiger partial charge in [0.05, 0.1) is 22.1 Å². The van der Waals surface area contributed by atoms with E-state index in [9.17, 15) is 0 Å². The second-order valence-corrected chi connectivity index (χ2v) is 21.1. The summed E-state index contributed by atoms with van der Waals surface area (Å²) in [4.78, 5) is 16.1. The predicted molar refractivity (Wildman–Crippen MR) is 336 cm³/mol. The maximum atomic E-state index is 6.67. The van der Waals surface area contributed by atoms with Gasteiger partial charge in [0.1, 0.15) is 22.3 Å². The van der Waals surface area contributed by atoms with Gasteiger partial charge in [-0.1, -0.05) is 176 Å². The predicted octanol–water partition coefficient (Wildman–Crippen LogP) is 19.9. The van der Waals surface area contributed by atoms with E-state index in [4.69, 9.17) is 23.8 Å². The number of rotatable bonds is 8. The van der Waals surface area contributed by atoms with Crippen LogP contribution in [-0.4, -0.2) is 24.1 Å². The van der Waals surface area contributed by atoms with Crippen LogP contribution in [0.2, 0.25) is 0 Å². The smallest absolute Gasteiger partial charge is 0.164 e. The molecule has 0 aliphatic carbocycles. The lowest BCUT2D eigenvalue weighted by molar-refractivity contribution is 0.668. The molecule has 12 aromatic carbocycles. The normalized spacial score (nSPS) is 11.9. The molecule has 7 nitrogen and oxygen atoms in total. The van der Waals surface area contributed by atoms with Crippen LogP contribution in [0.15, 0.2) is 282 Å². The molecule has 0 aliphatic rings. The van der Waals surface area contributed by atoms with Crippen molar-refractivity contribution in [2.24, 2.45) is 0 Å². The van der Waals surface area contributed by atoms with Crippen molar-refractivity contribution >= 4 is 87.5 Å². The lowest BCUT2D eigenvalue weighted by atomic mass is 9.97. The molecule has 0 amide bonds. The van der Waals surface area contributed by atoms with E-state index < -0.39 is 0 Å². The minimum Gasteiger partial charge on any atom is -0.456 e. The maximum absolute atomic E-state index is 6.67. The van der Waals surface area contributed by atoms with Crippen LogP contribution < -0.4 is 0 Å². The summed E-state index contributed by atoms with van der Waals surface area (Å²) in [5.41, 5.74) is 19.2. The molecule has 0 bridgehead atoms. The summed E-state index contributed by atoms with van der Waals surface area (Å²) >= 11 is 0. The van der Waals surface area contributed by atoms with E-state index in [1.807, 2.05) is 30.3 Å². The molecule has 382 valence electrons. The lowest BCUT2D eigenvalue weighted by Crippen LogP contribution is -2.01. The van der Waals surface area contributed by atoms with Crippen LogP contribution in [0.3, 0.4) is 0 Å².